The number of likely N-dealkylation sites (N-methyl/N-ethyl adjacent to an activating group) is 1. The molecule has 0 saturated heterocycles. The van der Waals surface area contributed by atoms with Gasteiger partial charge in [0.15, 0.2) is 5.13 Å². The molecule has 0 aromatic carbocycles. The highest BCUT2D eigenvalue weighted by atomic mass is 32.1. The first-order valence-corrected chi connectivity index (χ1v) is 5.85. The highest BCUT2D eigenvalue weighted by Gasteiger charge is 2.06. The molecule has 0 spiro atoms. The molecule has 7 heteroatoms. The van der Waals surface area contributed by atoms with Crippen LogP contribution in [-0.4, -0.2) is 27.9 Å². The lowest BCUT2D eigenvalue weighted by molar-refractivity contribution is -0.120. The van der Waals surface area contributed by atoms with E-state index in [1.165, 1.54) is 11.3 Å². The summed E-state index contributed by atoms with van der Waals surface area (Å²) < 4.78 is 0. The van der Waals surface area contributed by atoms with Gasteiger partial charge in [-0.3, -0.25) is 4.79 Å². The fourth-order valence-electron chi connectivity index (χ4n) is 1.16. The second-order valence-corrected chi connectivity index (χ2v) is 4.05. The van der Waals surface area contributed by atoms with Crippen molar-refractivity contribution in [3.63, 3.8) is 0 Å². The number of carbonyl (C=O) groups is 1. The van der Waals surface area contributed by atoms with Crippen molar-refractivity contribution in [1.82, 2.24) is 20.3 Å². The molecular weight excluding hydrogens is 238 g/mol. The molecule has 0 atom stereocenters. The monoisotopic (exact) mass is 249 g/mol. The highest BCUT2D eigenvalue weighted by Crippen LogP contribution is 2.18. The summed E-state index contributed by atoms with van der Waals surface area (Å²) in [6.07, 6.45) is 3.58. The van der Waals surface area contributed by atoms with Crippen LogP contribution >= 0.6 is 11.3 Å². The van der Waals surface area contributed by atoms with E-state index in [4.69, 9.17) is 0 Å². The Hall–Kier alpha value is -2.02. The van der Waals surface area contributed by atoms with Crippen molar-refractivity contribution in [2.24, 2.45) is 0 Å². The second-order valence-electron chi connectivity index (χ2n) is 3.19. The largest absolute Gasteiger partial charge is 0.359 e. The Morgan fingerprint density at radius 1 is 1.41 bits per heavy atom. The van der Waals surface area contributed by atoms with Crippen LogP contribution in [0.1, 0.15) is 5.69 Å². The Morgan fingerprint density at radius 3 is 2.88 bits per heavy atom. The Bertz CT molecular complexity index is 498. The van der Waals surface area contributed by atoms with Gasteiger partial charge in [0.2, 0.25) is 11.9 Å². The number of amides is 1. The summed E-state index contributed by atoms with van der Waals surface area (Å²) in [5.41, 5.74) is 0.729. The number of rotatable bonds is 4. The van der Waals surface area contributed by atoms with Gasteiger partial charge in [0, 0.05) is 24.8 Å². The van der Waals surface area contributed by atoms with Gasteiger partial charge in [-0.05, 0) is 6.07 Å². The molecule has 0 radical (unpaired) electrons. The van der Waals surface area contributed by atoms with Gasteiger partial charge in [-0.2, -0.15) is 0 Å². The Labute approximate surface area is 102 Å². The number of hydrogen-bond donors (Lipinski definition) is 2. The lowest BCUT2D eigenvalue weighted by atomic mass is 10.3. The molecule has 0 saturated carbocycles. The molecule has 0 aliphatic heterocycles. The number of aromatic nitrogens is 3. The first kappa shape index (κ1) is 11.5. The standard InChI is InChI=1S/C10H11N5OS/c1-11-8(16)5-7-6-17-10(14-7)15-9-12-3-2-4-13-9/h2-4,6H,5H2,1H3,(H,11,16)(H,12,13,14,15). The van der Waals surface area contributed by atoms with Gasteiger partial charge in [0.05, 0.1) is 12.1 Å². The third-order valence-corrected chi connectivity index (χ3v) is 2.76. The van der Waals surface area contributed by atoms with Gasteiger partial charge in [0.1, 0.15) is 0 Å². The molecule has 1 amide bonds. The van der Waals surface area contributed by atoms with Crippen molar-refractivity contribution in [3.8, 4) is 0 Å². The molecular formula is C10H11N5OS. The third-order valence-electron chi connectivity index (χ3n) is 1.96. The van der Waals surface area contributed by atoms with E-state index in [1.807, 2.05) is 5.38 Å². The minimum absolute atomic E-state index is 0.0576. The van der Waals surface area contributed by atoms with Crippen molar-refractivity contribution >= 4 is 28.3 Å². The van der Waals surface area contributed by atoms with E-state index >= 15 is 0 Å². The molecule has 2 N–H and O–H groups in total. The van der Waals surface area contributed by atoms with E-state index in [9.17, 15) is 4.79 Å². The number of nitrogens with one attached hydrogen (secondary N) is 2. The maximum Gasteiger partial charge on any atom is 0.228 e. The summed E-state index contributed by atoms with van der Waals surface area (Å²) in [5, 5.41) is 8.03. The molecule has 2 rings (SSSR count). The predicted octanol–water partition coefficient (Wildman–Crippen LogP) is 0.965. The Kier molecular flexibility index (Phi) is 3.61. The maximum atomic E-state index is 11.2. The van der Waals surface area contributed by atoms with Gasteiger partial charge >= 0.3 is 0 Å². The van der Waals surface area contributed by atoms with Crippen LogP contribution in [0.2, 0.25) is 0 Å². The van der Waals surface area contributed by atoms with E-state index in [0.717, 1.165) is 5.69 Å². The van der Waals surface area contributed by atoms with Crippen LogP contribution in [0.25, 0.3) is 0 Å². The fraction of sp³-hybridized carbons (Fsp3) is 0.200. The van der Waals surface area contributed by atoms with Gasteiger partial charge < -0.3 is 10.6 Å². The van der Waals surface area contributed by atoms with Crippen molar-refractivity contribution < 1.29 is 4.79 Å². The molecule has 0 fully saturated rings. The quantitative estimate of drug-likeness (QED) is 0.843. The zero-order valence-electron chi connectivity index (χ0n) is 9.17. The zero-order chi connectivity index (χ0) is 12.1. The molecule has 0 unspecified atom stereocenters. The predicted molar refractivity (Wildman–Crippen MR) is 65.2 cm³/mol. The summed E-state index contributed by atoms with van der Waals surface area (Å²) in [6, 6.07) is 1.74. The molecule has 88 valence electrons. The van der Waals surface area contributed by atoms with Gasteiger partial charge in [-0.25, -0.2) is 15.0 Å². The van der Waals surface area contributed by atoms with E-state index < -0.39 is 0 Å². The average molecular weight is 249 g/mol. The van der Waals surface area contributed by atoms with Crippen LogP contribution in [0.4, 0.5) is 11.1 Å². The maximum absolute atomic E-state index is 11.2. The normalized spacial score (nSPS) is 9.94. The Balaban J connectivity index is 2.01. The Morgan fingerprint density at radius 2 is 2.18 bits per heavy atom. The van der Waals surface area contributed by atoms with Crippen molar-refractivity contribution in [3.05, 3.63) is 29.5 Å². The van der Waals surface area contributed by atoms with E-state index in [2.05, 4.69) is 25.6 Å². The molecule has 0 bridgehead atoms. The zero-order valence-corrected chi connectivity index (χ0v) is 9.99. The molecule has 2 heterocycles. The minimum Gasteiger partial charge on any atom is -0.359 e. The van der Waals surface area contributed by atoms with E-state index in [1.54, 1.807) is 25.5 Å². The van der Waals surface area contributed by atoms with Gasteiger partial charge in [0.25, 0.3) is 0 Å². The van der Waals surface area contributed by atoms with Crippen LogP contribution in [0, 0.1) is 0 Å². The summed E-state index contributed by atoms with van der Waals surface area (Å²) in [5.74, 6) is 0.436. The summed E-state index contributed by atoms with van der Waals surface area (Å²) in [4.78, 5) is 23.5. The first-order chi connectivity index (χ1) is 8.28. The fourth-order valence-corrected chi connectivity index (χ4v) is 1.86. The van der Waals surface area contributed by atoms with Crippen molar-refractivity contribution in [2.75, 3.05) is 12.4 Å². The number of hydrogen-bond acceptors (Lipinski definition) is 6. The highest BCUT2D eigenvalue weighted by molar-refractivity contribution is 7.13. The topological polar surface area (TPSA) is 79.8 Å². The van der Waals surface area contributed by atoms with E-state index in [0.29, 0.717) is 11.1 Å². The molecule has 0 aliphatic carbocycles. The van der Waals surface area contributed by atoms with Crippen LogP contribution in [-0.2, 0) is 11.2 Å². The van der Waals surface area contributed by atoms with Crippen LogP contribution < -0.4 is 10.6 Å². The first-order valence-electron chi connectivity index (χ1n) is 4.97. The summed E-state index contributed by atoms with van der Waals surface area (Å²) in [6.45, 7) is 0. The van der Waals surface area contributed by atoms with Crippen LogP contribution in [0.3, 0.4) is 0 Å². The average Bonchev–Trinajstić information content (AvgIpc) is 2.77. The molecule has 0 aliphatic rings. The van der Waals surface area contributed by atoms with Crippen molar-refractivity contribution in [2.45, 2.75) is 6.42 Å². The summed E-state index contributed by atoms with van der Waals surface area (Å²) >= 11 is 1.41. The van der Waals surface area contributed by atoms with Crippen molar-refractivity contribution in [1.29, 1.82) is 0 Å². The van der Waals surface area contributed by atoms with Gasteiger partial charge in [-0.1, -0.05) is 0 Å². The number of anilines is 2. The molecule has 2 aromatic heterocycles. The lowest BCUT2D eigenvalue weighted by Gasteiger charge is -1.98. The SMILES string of the molecule is CNC(=O)Cc1csc(Nc2ncccn2)n1. The molecule has 6 nitrogen and oxygen atoms in total. The molecule has 2 aromatic rings. The third kappa shape index (κ3) is 3.22. The smallest absolute Gasteiger partial charge is 0.228 e. The number of nitrogens with zero attached hydrogens (tertiary/aromatic N) is 3. The molecule has 17 heavy (non-hydrogen) atoms. The summed E-state index contributed by atoms with van der Waals surface area (Å²) in [7, 11) is 1.60. The number of thiazole rings is 1. The van der Waals surface area contributed by atoms with E-state index in [-0.39, 0.29) is 12.3 Å². The van der Waals surface area contributed by atoms with Crippen LogP contribution in [0.15, 0.2) is 23.8 Å². The number of carbonyl (C=O) groups excluding carboxylic acids is 1. The second kappa shape index (κ2) is 5.35. The van der Waals surface area contributed by atoms with Gasteiger partial charge in [-0.15, -0.1) is 11.3 Å². The van der Waals surface area contributed by atoms with Crippen LogP contribution in [0.5, 0.6) is 0 Å². The lowest BCUT2D eigenvalue weighted by Crippen LogP contribution is -2.20. The minimum atomic E-state index is -0.0576.